The molecule has 3 aliphatic heterocycles. The smallest absolute Gasteiger partial charge is 0.330 e. The maximum absolute atomic E-state index is 14.2. The summed E-state index contributed by atoms with van der Waals surface area (Å²) in [5.41, 5.74) is -4.96. The summed E-state index contributed by atoms with van der Waals surface area (Å²) in [5, 5.41) is 47.0. The number of hydrogen-bond acceptors (Lipinski definition) is 15. The first-order valence-electron chi connectivity index (χ1n) is 19.6. The highest BCUT2D eigenvalue weighted by molar-refractivity contribution is 5.83. The molecule has 318 valence electrons. The fourth-order valence-electron chi connectivity index (χ4n) is 8.79. The number of methoxy groups -OCH3 is 1. The van der Waals surface area contributed by atoms with Crippen LogP contribution < -0.4 is 0 Å². The largest absolute Gasteiger partial charge is 0.459 e. The van der Waals surface area contributed by atoms with Crippen molar-refractivity contribution in [2.75, 3.05) is 21.2 Å². The number of Topliss-reactive ketones (excluding diaryl/α,β-unsaturated/α-hetero) is 1. The number of aliphatic hydroxyl groups is 4. The number of nitrogens with zero attached hydrogens (tertiary/aromatic N) is 1. The van der Waals surface area contributed by atoms with Crippen molar-refractivity contribution in [3.63, 3.8) is 0 Å². The van der Waals surface area contributed by atoms with Gasteiger partial charge in [-0.2, -0.15) is 0 Å². The SMILES string of the molecule is C=CC(=O)O[C@H]1[C@H](C)O[C@@H](O[C@H]2[C@H](C)[C@@H](O[C@@H]3O[C@H](C)C[C@H](N(C)C)[C@H]3O)[C@](C)(O)C[C@@H](C)C(=O)[C@H](C)[C@@H](O)[C@](C)(O)[C@@H](CC)OC(=O)[C@@H]2C)C[C@@]1(C)OC. The van der Waals surface area contributed by atoms with E-state index in [2.05, 4.69) is 6.58 Å². The van der Waals surface area contributed by atoms with Crippen molar-refractivity contribution >= 4 is 17.7 Å². The van der Waals surface area contributed by atoms with E-state index >= 15 is 0 Å². The zero-order chi connectivity index (χ0) is 42.0. The third-order valence-electron chi connectivity index (χ3n) is 12.2. The molecule has 3 saturated heterocycles. The average molecular weight is 788 g/mol. The van der Waals surface area contributed by atoms with Crippen LogP contribution in [0.15, 0.2) is 12.7 Å². The lowest BCUT2D eigenvalue weighted by atomic mass is 9.74. The second-order valence-electron chi connectivity index (χ2n) is 17.1. The monoisotopic (exact) mass is 787 g/mol. The summed E-state index contributed by atoms with van der Waals surface area (Å²) in [6, 6.07) is -0.345. The number of aliphatic hydroxyl groups excluding tert-OH is 2. The average Bonchev–Trinajstić information content (AvgIpc) is 3.11. The molecule has 0 aromatic carbocycles. The maximum atomic E-state index is 14.2. The summed E-state index contributed by atoms with van der Waals surface area (Å²) < 4.78 is 43.2. The van der Waals surface area contributed by atoms with Gasteiger partial charge in [0.15, 0.2) is 18.7 Å². The quantitative estimate of drug-likeness (QED) is 0.196. The topological polar surface area (TPSA) is 200 Å². The molecule has 0 spiro atoms. The molecule has 15 heteroatoms. The van der Waals surface area contributed by atoms with E-state index in [9.17, 15) is 34.8 Å². The van der Waals surface area contributed by atoms with Crippen LogP contribution in [0.2, 0.25) is 0 Å². The number of ether oxygens (including phenoxy) is 7. The Morgan fingerprint density at radius 2 is 1.58 bits per heavy atom. The van der Waals surface area contributed by atoms with Gasteiger partial charge < -0.3 is 58.5 Å². The van der Waals surface area contributed by atoms with Crippen LogP contribution in [0.4, 0.5) is 0 Å². The molecule has 0 amide bonds. The second-order valence-corrected chi connectivity index (χ2v) is 17.1. The van der Waals surface area contributed by atoms with E-state index in [4.69, 9.17) is 33.2 Å². The van der Waals surface area contributed by atoms with Gasteiger partial charge in [0, 0.05) is 43.4 Å². The van der Waals surface area contributed by atoms with Gasteiger partial charge in [0.2, 0.25) is 0 Å². The number of carbonyl (C=O) groups excluding carboxylic acids is 3. The van der Waals surface area contributed by atoms with Gasteiger partial charge in [-0.05, 0) is 74.9 Å². The molecule has 0 aliphatic carbocycles. The highest BCUT2D eigenvalue weighted by atomic mass is 16.7. The molecular formula is C40H69NO14. The second kappa shape index (κ2) is 18.7. The normalized spacial score (nSPS) is 46.8. The summed E-state index contributed by atoms with van der Waals surface area (Å²) in [5.74, 6) is -5.80. The van der Waals surface area contributed by atoms with E-state index in [-0.39, 0.29) is 31.4 Å². The lowest BCUT2D eigenvalue weighted by Gasteiger charge is -2.49. The first-order valence-corrected chi connectivity index (χ1v) is 19.6. The van der Waals surface area contributed by atoms with Crippen molar-refractivity contribution in [2.24, 2.45) is 23.7 Å². The Kier molecular flexibility index (Phi) is 16.1. The zero-order valence-electron chi connectivity index (χ0n) is 35.1. The number of hydrogen-bond donors (Lipinski definition) is 4. The van der Waals surface area contributed by atoms with Crippen LogP contribution in [0.5, 0.6) is 0 Å². The van der Waals surface area contributed by atoms with Crippen molar-refractivity contribution in [3.8, 4) is 0 Å². The summed E-state index contributed by atoms with van der Waals surface area (Å²) in [7, 11) is 5.15. The Labute approximate surface area is 326 Å². The zero-order valence-corrected chi connectivity index (χ0v) is 35.1. The number of likely N-dealkylation sites (N-methyl/N-ethyl adjacent to an activating group) is 1. The van der Waals surface area contributed by atoms with Gasteiger partial charge in [-0.15, -0.1) is 0 Å². The fourth-order valence-corrected chi connectivity index (χ4v) is 8.79. The Morgan fingerprint density at radius 1 is 0.964 bits per heavy atom. The molecule has 0 unspecified atom stereocenters. The molecule has 3 aliphatic rings. The predicted molar refractivity (Wildman–Crippen MR) is 200 cm³/mol. The van der Waals surface area contributed by atoms with Crippen LogP contribution >= 0.6 is 0 Å². The standard InChI is InChI=1S/C40H69NO14/c1-15-27-40(11,48)33(45)22(5)30(43)20(3)18-38(9,47)34(55-37-31(44)26(41(12)13)17-21(4)50-37)23(6)32(24(7)36(46)52-27)54-29-19-39(10,49-14)35(25(8)51-29)53-28(42)16-2/h16,20-27,29,31-35,37,44-45,47-48H,2,15,17-19H2,1,3-14H3/t20-,21-,22+,23+,24-,25+,26+,27-,29+,31-,32+,33-,34-,35+,37+,38-,39-,40-/m1/s1. The van der Waals surface area contributed by atoms with Crippen LogP contribution in [0.1, 0.15) is 94.9 Å². The Bertz CT molecular complexity index is 1320. The van der Waals surface area contributed by atoms with Gasteiger partial charge >= 0.3 is 11.9 Å². The van der Waals surface area contributed by atoms with E-state index in [1.54, 1.807) is 41.5 Å². The van der Waals surface area contributed by atoms with Gasteiger partial charge in [0.25, 0.3) is 0 Å². The van der Waals surface area contributed by atoms with E-state index in [1.807, 2.05) is 25.9 Å². The third-order valence-corrected chi connectivity index (χ3v) is 12.2. The van der Waals surface area contributed by atoms with Gasteiger partial charge in [0.05, 0.1) is 42.0 Å². The number of rotatable bonds is 9. The molecule has 55 heavy (non-hydrogen) atoms. The molecule has 3 heterocycles. The Balaban J connectivity index is 2.19. The molecule has 3 fully saturated rings. The molecule has 0 bridgehead atoms. The minimum absolute atomic E-state index is 0.0459. The fraction of sp³-hybridized carbons (Fsp3) is 0.875. The van der Waals surface area contributed by atoms with Crippen molar-refractivity contribution in [2.45, 2.75) is 179 Å². The van der Waals surface area contributed by atoms with Crippen LogP contribution in [-0.4, -0.2) is 149 Å². The Hall–Kier alpha value is -2.05. The lowest BCUT2D eigenvalue weighted by molar-refractivity contribution is -0.318. The number of ketones is 1. The molecule has 18 atom stereocenters. The van der Waals surface area contributed by atoms with Crippen LogP contribution in [-0.2, 0) is 47.5 Å². The summed E-state index contributed by atoms with van der Waals surface area (Å²) in [6.07, 6.45) is -8.96. The molecule has 0 aromatic rings. The summed E-state index contributed by atoms with van der Waals surface area (Å²) in [4.78, 5) is 42.2. The van der Waals surface area contributed by atoms with E-state index in [0.717, 1.165) is 6.08 Å². The van der Waals surface area contributed by atoms with Crippen LogP contribution in [0.25, 0.3) is 0 Å². The van der Waals surface area contributed by atoms with Crippen molar-refractivity contribution in [3.05, 3.63) is 12.7 Å². The van der Waals surface area contributed by atoms with Crippen LogP contribution in [0, 0.1) is 23.7 Å². The van der Waals surface area contributed by atoms with Crippen molar-refractivity contribution in [1.29, 1.82) is 0 Å². The van der Waals surface area contributed by atoms with E-state index in [1.165, 1.54) is 27.9 Å². The van der Waals surface area contributed by atoms with E-state index < -0.39 is 114 Å². The van der Waals surface area contributed by atoms with Crippen molar-refractivity contribution < 1.29 is 68.0 Å². The molecule has 0 aromatic heterocycles. The Morgan fingerprint density at radius 3 is 2.13 bits per heavy atom. The summed E-state index contributed by atoms with van der Waals surface area (Å²) in [6.45, 7) is 19.7. The van der Waals surface area contributed by atoms with E-state index in [0.29, 0.717) is 6.42 Å². The summed E-state index contributed by atoms with van der Waals surface area (Å²) >= 11 is 0. The van der Waals surface area contributed by atoms with Gasteiger partial charge in [-0.3, -0.25) is 9.59 Å². The third kappa shape index (κ3) is 10.5. The van der Waals surface area contributed by atoms with Gasteiger partial charge in [0.1, 0.15) is 29.2 Å². The highest BCUT2D eigenvalue weighted by Gasteiger charge is 2.54. The molecule has 4 N–H and O–H groups in total. The molecule has 0 saturated carbocycles. The number of carbonyl (C=O) groups is 3. The lowest BCUT2D eigenvalue weighted by Crippen LogP contribution is -2.61. The predicted octanol–water partition coefficient (Wildman–Crippen LogP) is 2.52. The minimum atomic E-state index is -2.02. The maximum Gasteiger partial charge on any atom is 0.330 e. The number of cyclic esters (lactones) is 1. The number of esters is 2. The molecule has 3 rings (SSSR count). The first kappa shape index (κ1) is 47.3. The van der Waals surface area contributed by atoms with Crippen molar-refractivity contribution in [1.82, 2.24) is 4.90 Å². The highest BCUT2D eigenvalue weighted by Crippen LogP contribution is 2.41. The van der Waals surface area contributed by atoms with Crippen LogP contribution in [0.3, 0.4) is 0 Å². The molecule has 15 nitrogen and oxygen atoms in total. The molecular weight excluding hydrogens is 718 g/mol. The van der Waals surface area contributed by atoms with Gasteiger partial charge in [-0.25, -0.2) is 4.79 Å². The minimum Gasteiger partial charge on any atom is -0.459 e. The first-order chi connectivity index (χ1) is 25.4. The molecule has 0 radical (unpaired) electrons. The van der Waals surface area contributed by atoms with Gasteiger partial charge in [-0.1, -0.05) is 34.3 Å².